The molecule has 19 heavy (non-hydrogen) atoms. The predicted octanol–water partition coefficient (Wildman–Crippen LogP) is 3.14. The molecule has 108 valence electrons. The third-order valence-corrected chi connectivity index (χ3v) is 5.59. The van der Waals surface area contributed by atoms with Gasteiger partial charge in [-0.3, -0.25) is 14.9 Å². The smallest absolute Gasteiger partial charge is 0.230 e. The molecule has 1 heterocycles. The van der Waals surface area contributed by atoms with Gasteiger partial charge < -0.3 is 0 Å². The Morgan fingerprint density at radius 2 is 1.84 bits per heavy atom. The summed E-state index contributed by atoms with van der Waals surface area (Å²) in [5.74, 6) is 0.875. The first kappa shape index (κ1) is 14.5. The van der Waals surface area contributed by atoms with E-state index in [0.717, 1.165) is 25.2 Å². The zero-order chi connectivity index (χ0) is 14.2. The molecule has 4 atom stereocenters. The van der Waals surface area contributed by atoms with Crippen molar-refractivity contribution < 1.29 is 9.59 Å². The van der Waals surface area contributed by atoms with Gasteiger partial charge in [-0.1, -0.05) is 47.0 Å². The van der Waals surface area contributed by atoms with Crippen LogP contribution in [0.2, 0.25) is 0 Å². The molecule has 3 heteroatoms. The lowest BCUT2D eigenvalue weighted by atomic mass is 9.75. The summed E-state index contributed by atoms with van der Waals surface area (Å²) in [6, 6.07) is 0. The van der Waals surface area contributed by atoms with Crippen molar-refractivity contribution in [3.05, 3.63) is 0 Å². The standard InChI is InChI=1S/C16H27NO2/c1-5-10(6-2)13-12(14(18)17-15(13)19)9-16(4)8-11(16)7-3/h10-13H,5-9H2,1-4H3,(H,17,18,19). The maximum atomic E-state index is 12.1. The van der Waals surface area contributed by atoms with Crippen LogP contribution in [0, 0.1) is 29.1 Å². The molecule has 0 bridgehead atoms. The van der Waals surface area contributed by atoms with Gasteiger partial charge in [-0.2, -0.15) is 0 Å². The molecule has 1 N–H and O–H groups in total. The number of imide groups is 1. The molecule has 2 aliphatic rings. The van der Waals surface area contributed by atoms with E-state index in [9.17, 15) is 9.59 Å². The fraction of sp³-hybridized carbons (Fsp3) is 0.875. The molecule has 2 rings (SSSR count). The second-order valence-electron chi connectivity index (χ2n) is 6.73. The first-order chi connectivity index (χ1) is 8.96. The minimum atomic E-state index is -0.0857. The highest BCUT2D eigenvalue weighted by Gasteiger charge is 2.54. The monoisotopic (exact) mass is 265 g/mol. The summed E-state index contributed by atoms with van der Waals surface area (Å²) in [6.07, 6.45) is 5.26. The first-order valence-corrected chi connectivity index (χ1v) is 7.81. The first-order valence-electron chi connectivity index (χ1n) is 7.81. The summed E-state index contributed by atoms with van der Waals surface area (Å²) >= 11 is 0. The van der Waals surface area contributed by atoms with Crippen LogP contribution < -0.4 is 5.32 Å². The lowest BCUT2D eigenvalue weighted by Gasteiger charge is -2.25. The van der Waals surface area contributed by atoms with Crippen molar-refractivity contribution in [2.24, 2.45) is 29.1 Å². The van der Waals surface area contributed by atoms with Crippen molar-refractivity contribution in [3.63, 3.8) is 0 Å². The van der Waals surface area contributed by atoms with Crippen LogP contribution in [0.3, 0.4) is 0 Å². The van der Waals surface area contributed by atoms with Gasteiger partial charge in [0.2, 0.25) is 11.8 Å². The second kappa shape index (κ2) is 5.26. The van der Waals surface area contributed by atoms with E-state index in [2.05, 4.69) is 33.0 Å². The quantitative estimate of drug-likeness (QED) is 0.750. The van der Waals surface area contributed by atoms with Gasteiger partial charge in [0, 0.05) is 0 Å². The van der Waals surface area contributed by atoms with E-state index in [1.165, 1.54) is 12.8 Å². The highest BCUT2D eigenvalue weighted by molar-refractivity contribution is 6.05. The summed E-state index contributed by atoms with van der Waals surface area (Å²) in [7, 11) is 0. The van der Waals surface area contributed by atoms with Crippen LogP contribution in [0.15, 0.2) is 0 Å². The van der Waals surface area contributed by atoms with E-state index >= 15 is 0 Å². The normalized spacial score (nSPS) is 37.8. The number of carbonyl (C=O) groups is 2. The molecule has 1 saturated carbocycles. The number of hydrogen-bond acceptors (Lipinski definition) is 2. The Hall–Kier alpha value is -0.860. The Bertz CT molecular complexity index is 375. The molecule has 0 radical (unpaired) electrons. The molecule has 0 aromatic rings. The Morgan fingerprint density at radius 3 is 2.32 bits per heavy atom. The SMILES string of the molecule is CCC(CC)C1C(=O)NC(=O)C1CC1(C)CC1CC. The summed E-state index contributed by atoms with van der Waals surface area (Å²) in [5, 5.41) is 2.57. The number of amides is 2. The Labute approximate surface area is 116 Å². The maximum absolute atomic E-state index is 12.1. The fourth-order valence-electron chi connectivity index (χ4n) is 4.10. The van der Waals surface area contributed by atoms with Crippen LogP contribution in [0.5, 0.6) is 0 Å². The highest BCUT2D eigenvalue weighted by Crippen LogP contribution is 2.59. The number of hydrogen-bond donors (Lipinski definition) is 1. The zero-order valence-corrected chi connectivity index (χ0v) is 12.7. The van der Waals surface area contributed by atoms with Crippen LogP contribution in [-0.4, -0.2) is 11.8 Å². The number of carbonyl (C=O) groups excluding carboxylic acids is 2. The number of nitrogens with one attached hydrogen (secondary N) is 1. The van der Waals surface area contributed by atoms with Gasteiger partial charge in [-0.15, -0.1) is 0 Å². The highest BCUT2D eigenvalue weighted by atomic mass is 16.2. The van der Waals surface area contributed by atoms with Gasteiger partial charge in [0.15, 0.2) is 0 Å². The second-order valence-corrected chi connectivity index (χ2v) is 6.73. The lowest BCUT2D eigenvalue weighted by molar-refractivity contribution is -0.126. The van der Waals surface area contributed by atoms with Gasteiger partial charge in [-0.05, 0) is 30.1 Å². The summed E-state index contributed by atoms with van der Waals surface area (Å²) in [5.41, 5.74) is 0.297. The van der Waals surface area contributed by atoms with Crippen molar-refractivity contribution in [2.75, 3.05) is 0 Å². The summed E-state index contributed by atoms with van der Waals surface area (Å²) in [6.45, 7) is 8.74. The van der Waals surface area contributed by atoms with Crippen molar-refractivity contribution in [3.8, 4) is 0 Å². The van der Waals surface area contributed by atoms with Gasteiger partial charge in [0.05, 0.1) is 11.8 Å². The zero-order valence-electron chi connectivity index (χ0n) is 12.7. The largest absolute Gasteiger partial charge is 0.296 e. The molecular formula is C16H27NO2. The van der Waals surface area contributed by atoms with Crippen LogP contribution in [0.1, 0.15) is 59.8 Å². The van der Waals surface area contributed by atoms with Crippen LogP contribution >= 0.6 is 0 Å². The fourth-order valence-corrected chi connectivity index (χ4v) is 4.10. The molecule has 0 spiro atoms. The average molecular weight is 265 g/mol. The number of rotatable bonds is 6. The molecule has 1 saturated heterocycles. The van der Waals surface area contributed by atoms with Crippen LogP contribution in [0.4, 0.5) is 0 Å². The van der Waals surface area contributed by atoms with E-state index in [1.807, 2.05) is 0 Å². The molecule has 2 fully saturated rings. The van der Waals surface area contributed by atoms with Crippen molar-refractivity contribution >= 4 is 11.8 Å². The molecule has 0 aromatic heterocycles. The molecule has 2 amide bonds. The van der Waals surface area contributed by atoms with Crippen LogP contribution in [0.25, 0.3) is 0 Å². The average Bonchev–Trinajstić information content (AvgIpc) is 2.96. The topological polar surface area (TPSA) is 46.2 Å². The van der Waals surface area contributed by atoms with Gasteiger partial charge in [0.25, 0.3) is 0 Å². The van der Waals surface area contributed by atoms with Crippen molar-refractivity contribution in [1.29, 1.82) is 0 Å². The van der Waals surface area contributed by atoms with Crippen LogP contribution in [-0.2, 0) is 9.59 Å². The molecule has 4 unspecified atom stereocenters. The molecular weight excluding hydrogens is 238 g/mol. The lowest BCUT2D eigenvalue weighted by Crippen LogP contribution is -2.28. The van der Waals surface area contributed by atoms with Gasteiger partial charge in [0.1, 0.15) is 0 Å². The minimum Gasteiger partial charge on any atom is -0.296 e. The van der Waals surface area contributed by atoms with Gasteiger partial charge >= 0.3 is 0 Å². The van der Waals surface area contributed by atoms with Crippen molar-refractivity contribution in [1.82, 2.24) is 5.32 Å². The summed E-state index contributed by atoms with van der Waals surface area (Å²) in [4.78, 5) is 24.2. The Morgan fingerprint density at radius 1 is 1.21 bits per heavy atom. The molecule has 1 aliphatic heterocycles. The maximum Gasteiger partial charge on any atom is 0.230 e. The van der Waals surface area contributed by atoms with Crippen molar-refractivity contribution in [2.45, 2.75) is 59.8 Å². The molecule has 0 aromatic carbocycles. The third-order valence-electron chi connectivity index (χ3n) is 5.59. The van der Waals surface area contributed by atoms with Gasteiger partial charge in [-0.25, -0.2) is 0 Å². The van der Waals surface area contributed by atoms with E-state index in [1.54, 1.807) is 0 Å². The van der Waals surface area contributed by atoms with E-state index in [0.29, 0.717) is 11.3 Å². The third kappa shape index (κ3) is 2.56. The Kier molecular flexibility index (Phi) is 4.03. The minimum absolute atomic E-state index is 0.0233. The van der Waals surface area contributed by atoms with E-state index in [-0.39, 0.29) is 23.7 Å². The predicted molar refractivity (Wildman–Crippen MR) is 75.3 cm³/mol. The van der Waals surface area contributed by atoms with E-state index in [4.69, 9.17) is 0 Å². The molecule has 1 aliphatic carbocycles. The molecule has 3 nitrogen and oxygen atoms in total. The Balaban J connectivity index is 2.12. The van der Waals surface area contributed by atoms with E-state index < -0.39 is 0 Å². The summed E-state index contributed by atoms with van der Waals surface area (Å²) < 4.78 is 0.